The van der Waals surface area contributed by atoms with E-state index in [4.69, 9.17) is 9.47 Å². The lowest BCUT2D eigenvalue weighted by Crippen LogP contribution is -2.53. The molecule has 1 heterocycles. The van der Waals surface area contributed by atoms with Gasteiger partial charge in [-0.05, 0) is 39.0 Å². The Kier molecular flexibility index (Phi) is 5.37. The number of rotatable bonds is 3. The summed E-state index contributed by atoms with van der Waals surface area (Å²) in [4.78, 5) is 13.3. The maximum atomic E-state index is 12.8. The van der Waals surface area contributed by atoms with Crippen LogP contribution in [-0.4, -0.2) is 36.3 Å². The molecule has 0 radical (unpaired) electrons. The second kappa shape index (κ2) is 6.82. The number of benzene rings is 1. The first kappa shape index (κ1) is 18.9. The summed E-state index contributed by atoms with van der Waals surface area (Å²) in [5.41, 5.74) is -1.32. The van der Waals surface area contributed by atoms with Gasteiger partial charge in [0.1, 0.15) is 11.4 Å². The molecule has 1 aromatic carbocycles. The van der Waals surface area contributed by atoms with Crippen LogP contribution in [0.15, 0.2) is 22.7 Å². The molecule has 2 rings (SSSR count). The van der Waals surface area contributed by atoms with Gasteiger partial charge in [0.25, 0.3) is 0 Å². The third kappa shape index (κ3) is 5.29. The van der Waals surface area contributed by atoms with Gasteiger partial charge in [0.05, 0.1) is 12.2 Å². The van der Waals surface area contributed by atoms with Crippen LogP contribution in [0.4, 0.5) is 18.0 Å². The number of halogens is 4. The summed E-state index contributed by atoms with van der Waals surface area (Å²) in [7, 11) is 0. The highest BCUT2D eigenvalue weighted by Gasteiger charge is 2.34. The standard InChI is InChI=1S/C16H19BrF3NO3/c1-15(2,3)24-14(22)21-7-10(8-21)9-23-13-5-11(16(18,19)20)4-12(17)6-13/h4-6,10H,7-9H2,1-3H3. The van der Waals surface area contributed by atoms with Crippen LogP contribution in [0.25, 0.3) is 0 Å². The number of hydrogen-bond acceptors (Lipinski definition) is 3. The molecular weight excluding hydrogens is 391 g/mol. The van der Waals surface area contributed by atoms with Crippen molar-refractivity contribution in [1.82, 2.24) is 4.90 Å². The van der Waals surface area contributed by atoms with E-state index in [0.29, 0.717) is 17.6 Å². The molecule has 1 fully saturated rings. The van der Waals surface area contributed by atoms with Crippen LogP contribution in [0.5, 0.6) is 5.75 Å². The van der Waals surface area contributed by atoms with Crippen molar-refractivity contribution >= 4 is 22.0 Å². The van der Waals surface area contributed by atoms with E-state index in [9.17, 15) is 18.0 Å². The molecule has 1 aliphatic rings. The van der Waals surface area contributed by atoms with Gasteiger partial charge < -0.3 is 14.4 Å². The van der Waals surface area contributed by atoms with E-state index in [-0.39, 0.29) is 24.4 Å². The van der Waals surface area contributed by atoms with Crippen molar-refractivity contribution in [3.63, 3.8) is 0 Å². The molecule has 0 saturated carbocycles. The predicted molar refractivity (Wildman–Crippen MR) is 85.9 cm³/mol. The molecule has 0 unspecified atom stereocenters. The highest BCUT2D eigenvalue weighted by atomic mass is 79.9. The summed E-state index contributed by atoms with van der Waals surface area (Å²) in [5.74, 6) is 0.221. The third-order valence-electron chi connectivity index (χ3n) is 3.29. The molecule has 0 bridgehead atoms. The minimum atomic E-state index is -4.42. The molecule has 24 heavy (non-hydrogen) atoms. The average Bonchev–Trinajstić information content (AvgIpc) is 2.32. The summed E-state index contributed by atoms with van der Waals surface area (Å²) < 4.78 is 49.3. The lowest BCUT2D eigenvalue weighted by Gasteiger charge is -2.39. The average molecular weight is 410 g/mol. The number of ether oxygens (including phenoxy) is 2. The maximum absolute atomic E-state index is 12.8. The quantitative estimate of drug-likeness (QED) is 0.725. The van der Waals surface area contributed by atoms with Crippen molar-refractivity contribution in [2.45, 2.75) is 32.5 Å². The Morgan fingerprint density at radius 3 is 2.42 bits per heavy atom. The molecule has 0 aromatic heterocycles. The SMILES string of the molecule is CC(C)(C)OC(=O)N1CC(COc2cc(Br)cc(C(F)(F)F)c2)C1. The predicted octanol–water partition coefficient (Wildman–Crippen LogP) is 4.71. The molecule has 0 aliphatic carbocycles. The fourth-order valence-electron chi connectivity index (χ4n) is 2.17. The van der Waals surface area contributed by atoms with Crippen molar-refractivity contribution in [3.8, 4) is 5.75 Å². The van der Waals surface area contributed by atoms with Gasteiger partial charge in [-0.3, -0.25) is 0 Å². The molecule has 1 aromatic rings. The van der Waals surface area contributed by atoms with Gasteiger partial charge in [-0.2, -0.15) is 13.2 Å². The molecule has 0 spiro atoms. The van der Waals surface area contributed by atoms with Crippen molar-refractivity contribution in [2.24, 2.45) is 5.92 Å². The van der Waals surface area contributed by atoms with E-state index in [1.54, 1.807) is 25.7 Å². The zero-order valence-electron chi connectivity index (χ0n) is 13.6. The summed E-state index contributed by atoms with van der Waals surface area (Å²) in [5, 5.41) is 0. The number of carbonyl (C=O) groups is 1. The van der Waals surface area contributed by atoms with Crippen LogP contribution in [0.1, 0.15) is 26.3 Å². The fourth-order valence-corrected chi connectivity index (χ4v) is 2.65. The number of carbonyl (C=O) groups excluding carboxylic acids is 1. The van der Waals surface area contributed by atoms with Gasteiger partial charge in [-0.15, -0.1) is 0 Å². The molecule has 1 aliphatic heterocycles. The van der Waals surface area contributed by atoms with Crippen molar-refractivity contribution in [2.75, 3.05) is 19.7 Å². The number of nitrogens with zero attached hydrogens (tertiary/aromatic N) is 1. The first-order chi connectivity index (χ1) is 10.9. The molecule has 0 N–H and O–H groups in total. The van der Waals surface area contributed by atoms with Crippen molar-refractivity contribution in [1.29, 1.82) is 0 Å². The Morgan fingerprint density at radius 2 is 1.88 bits per heavy atom. The van der Waals surface area contributed by atoms with E-state index in [0.717, 1.165) is 12.1 Å². The van der Waals surface area contributed by atoms with Crippen LogP contribution in [0.3, 0.4) is 0 Å². The van der Waals surface area contributed by atoms with Crippen LogP contribution in [-0.2, 0) is 10.9 Å². The van der Waals surface area contributed by atoms with E-state index < -0.39 is 17.3 Å². The smallest absolute Gasteiger partial charge is 0.416 e. The second-order valence-corrected chi connectivity index (χ2v) is 7.65. The molecule has 1 saturated heterocycles. The van der Waals surface area contributed by atoms with E-state index in [2.05, 4.69) is 15.9 Å². The Bertz CT molecular complexity index is 608. The Labute approximate surface area is 147 Å². The van der Waals surface area contributed by atoms with Crippen LogP contribution < -0.4 is 4.74 Å². The van der Waals surface area contributed by atoms with Gasteiger partial charge in [0.15, 0.2) is 0 Å². The van der Waals surface area contributed by atoms with E-state index in [1.165, 1.54) is 6.07 Å². The zero-order chi connectivity index (χ0) is 18.1. The van der Waals surface area contributed by atoms with Crippen LogP contribution in [0.2, 0.25) is 0 Å². The monoisotopic (exact) mass is 409 g/mol. The Balaban J connectivity index is 1.84. The molecular formula is C16H19BrF3NO3. The van der Waals surface area contributed by atoms with Gasteiger partial charge >= 0.3 is 12.3 Å². The van der Waals surface area contributed by atoms with Crippen LogP contribution >= 0.6 is 15.9 Å². The highest BCUT2D eigenvalue weighted by Crippen LogP contribution is 2.34. The Hall–Kier alpha value is -1.44. The highest BCUT2D eigenvalue weighted by molar-refractivity contribution is 9.10. The summed E-state index contributed by atoms with van der Waals surface area (Å²) in [6, 6.07) is 3.45. The number of alkyl halides is 3. The first-order valence-corrected chi connectivity index (χ1v) is 8.22. The summed E-state index contributed by atoms with van der Waals surface area (Å²) in [6.07, 6.45) is -4.81. The summed E-state index contributed by atoms with van der Waals surface area (Å²) >= 11 is 3.05. The number of hydrogen-bond donors (Lipinski definition) is 0. The largest absolute Gasteiger partial charge is 0.493 e. The van der Waals surface area contributed by atoms with Crippen molar-refractivity contribution in [3.05, 3.63) is 28.2 Å². The van der Waals surface area contributed by atoms with Gasteiger partial charge in [-0.1, -0.05) is 15.9 Å². The van der Waals surface area contributed by atoms with E-state index in [1.807, 2.05) is 0 Å². The minimum Gasteiger partial charge on any atom is -0.493 e. The lowest BCUT2D eigenvalue weighted by molar-refractivity contribution is -0.137. The zero-order valence-corrected chi connectivity index (χ0v) is 15.2. The topological polar surface area (TPSA) is 38.8 Å². The summed E-state index contributed by atoms with van der Waals surface area (Å²) in [6.45, 7) is 6.54. The van der Waals surface area contributed by atoms with Gasteiger partial charge in [-0.25, -0.2) is 4.79 Å². The third-order valence-corrected chi connectivity index (χ3v) is 3.75. The number of amides is 1. The molecule has 134 valence electrons. The molecule has 1 amide bonds. The van der Waals surface area contributed by atoms with Gasteiger partial charge in [0.2, 0.25) is 0 Å². The molecule has 4 nitrogen and oxygen atoms in total. The number of likely N-dealkylation sites (tertiary alicyclic amines) is 1. The fraction of sp³-hybridized carbons (Fsp3) is 0.562. The Morgan fingerprint density at radius 1 is 1.25 bits per heavy atom. The molecule has 0 atom stereocenters. The maximum Gasteiger partial charge on any atom is 0.416 e. The molecule has 8 heteroatoms. The lowest BCUT2D eigenvalue weighted by atomic mass is 10.0. The van der Waals surface area contributed by atoms with E-state index >= 15 is 0 Å². The second-order valence-electron chi connectivity index (χ2n) is 6.74. The normalized spacial score (nSPS) is 15.9. The first-order valence-electron chi connectivity index (χ1n) is 7.42. The van der Waals surface area contributed by atoms with Crippen LogP contribution in [0, 0.1) is 5.92 Å². The van der Waals surface area contributed by atoms with Crippen molar-refractivity contribution < 1.29 is 27.4 Å². The minimum absolute atomic E-state index is 0.0748. The van der Waals surface area contributed by atoms with Gasteiger partial charge in [0, 0.05) is 23.5 Å².